The van der Waals surface area contributed by atoms with Gasteiger partial charge in [0.05, 0.1) is 26.8 Å². The van der Waals surface area contributed by atoms with Crippen molar-refractivity contribution in [1.29, 1.82) is 0 Å². The predicted molar refractivity (Wildman–Crippen MR) is 84.1 cm³/mol. The van der Waals surface area contributed by atoms with Crippen LogP contribution in [0.25, 0.3) is 0 Å². The third kappa shape index (κ3) is 3.39. The van der Waals surface area contributed by atoms with Gasteiger partial charge in [-0.25, -0.2) is 0 Å². The van der Waals surface area contributed by atoms with Gasteiger partial charge in [0.25, 0.3) is 5.69 Å². The molecule has 1 unspecified atom stereocenters. The molecule has 0 aromatic heterocycles. The summed E-state index contributed by atoms with van der Waals surface area (Å²) < 4.78 is 6.37. The molecule has 7 heteroatoms. The fourth-order valence-corrected chi connectivity index (χ4v) is 3.12. The molecule has 1 N–H and O–H groups in total. The first-order valence-corrected chi connectivity index (χ1v) is 7.38. The van der Waals surface area contributed by atoms with Gasteiger partial charge in [-0.2, -0.15) is 0 Å². The molecule has 1 saturated heterocycles. The van der Waals surface area contributed by atoms with E-state index in [9.17, 15) is 15.2 Å². The van der Waals surface area contributed by atoms with Gasteiger partial charge < -0.3 is 14.7 Å². The van der Waals surface area contributed by atoms with Gasteiger partial charge in [-0.15, -0.1) is 0 Å². The third-order valence-electron chi connectivity index (χ3n) is 3.18. The Bertz CT molecular complexity index is 521. The fourth-order valence-electron chi connectivity index (χ4n) is 2.43. The van der Waals surface area contributed by atoms with E-state index in [1.54, 1.807) is 12.1 Å². The molecule has 0 amide bonds. The number of morpholine rings is 1. The first-order valence-electron chi connectivity index (χ1n) is 6.30. The van der Waals surface area contributed by atoms with E-state index < -0.39 is 0 Å². The van der Waals surface area contributed by atoms with Crippen molar-refractivity contribution in [3.05, 3.63) is 31.9 Å². The number of aliphatic hydroxyl groups excluding tert-OH is 1. The molecule has 1 aliphatic heterocycles. The van der Waals surface area contributed by atoms with E-state index in [4.69, 9.17) is 4.74 Å². The molecule has 0 aliphatic carbocycles. The standard InChI is InChI=1S/C13H17IN2O4/c1-13(2)8-15(6-10(7-17)20-13)9-3-4-12(16(18)19)11(14)5-9/h3-5,10,17H,6-8H2,1-2H3. The van der Waals surface area contributed by atoms with E-state index in [1.807, 2.05) is 36.4 Å². The van der Waals surface area contributed by atoms with Crippen LogP contribution in [0.2, 0.25) is 0 Å². The number of anilines is 1. The maximum absolute atomic E-state index is 10.8. The van der Waals surface area contributed by atoms with Gasteiger partial charge in [0.2, 0.25) is 0 Å². The Morgan fingerprint density at radius 2 is 2.30 bits per heavy atom. The molecule has 6 nitrogen and oxygen atoms in total. The summed E-state index contributed by atoms with van der Waals surface area (Å²) in [5, 5.41) is 20.2. The summed E-state index contributed by atoms with van der Waals surface area (Å²) >= 11 is 1.97. The van der Waals surface area contributed by atoms with Crippen LogP contribution >= 0.6 is 22.6 Å². The van der Waals surface area contributed by atoms with Crippen LogP contribution < -0.4 is 4.90 Å². The molecule has 1 atom stereocenters. The minimum absolute atomic E-state index is 0.0377. The number of halogens is 1. The minimum Gasteiger partial charge on any atom is -0.394 e. The number of nitro groups is 1. The van der Waals surface area contributed by atoms with E-state index in [0.29, 0.717) is 16.7 Å². The zero-order valence-corrected chi connectivity index (χ0v) is 13.5. The Balaban J connectivity index is 2.26. The van der Waals surface area contributed by atoms with E-state index in [2.05, 4.69) is 4.90 Å². The lowest BCUT2D eigenvalue weighted by Gasteiger charge is -2.43. The summed E-state index contributed by atoms with van der Waals surface area (Å²) in [5.74, 6) is 0. The SMILES string of the molecule is CC1(C)CN(c2ccc([N+](=O)[O-])c(I)c2)CC(CO)O1. The van der Waals surface area contributed by atoms with Crippen LogP contribution in [0, 0.1) is 13.7 Å². The molecule has 1 heterocycles. The summed E-state index contributed by atoms with van der Waals surface area (Å²) in [5.41, 5.74) is 0.661. The van der Waals surface area contributed by atoms with E-state index >= 15 is 0 Å². The lowest BCUT2D eigenvalue weighted by atomic mass is 10.0. The van der Waals surface area contributed by atoms with Gasteiger partial charge in [-0.05, 0) is 48.6 Å². The zero-order chi connectivity index (χ0) is 14.9. The highest BCUT2D eigenvalue weighted by molar-refractivity contribution is 14.1. The molecule has 2 rings (SSSR count). The van der Waals surface area contributed by atoms with Crippen molar-refractivity contribution in [3.63, 3.8) is 0 Å². The number of aliphatic hydroxyl groups is 1. The summed E-state index contributed by atoms with van der Waals surface area (Å²) in [6.07, 6.45) is -0.244. The first kappa shape index (κ1) is 15.5. The van der Waals surface area contributed by atoms with E-state index in [1.165, 1.54) is 6.07 Å². The van der Waals surface area contributed by atoms with Crippen molar-refractivity contribution in [1.82, 2.24) is 0 Å². The van der Waals surface area contributed by atoms with Crippen LogP contribution in [-0.4, -0.2) is 41.4 Å². The van der Waals surface area contributed by atoms with Gasteiger partial charge in [0.1, 0.15) is 0 Å². The molecule has 0 radical (unpaired) electrons. The largest absolute Gasteiger partial charge is 0.394 e. The van der Waals surface area contributed by atoms with Gasteiger partial charge in [0, 0.05) is 24.8 Å². The number of hydrogen-bond acceptors (Lipinski definition) is 5. The molecule has 0 bridgehead atoms. The quantitative estimate of drug-likeness (QED) is 0.485. The average molecular weight is 392 g/mol. The molecule has 0 saturated carbocycles. The Hall–Kier alpha value is -0.930. The normalized spacial score (nSPS) is 21.8. The van der Waals surface area contributed by atoms with Gasteiger partial charge in [-0.1, -0.05) is 0 Å². The Morgan fingerprint density at radius 3 is 2.85 bits per heavy atom. The molecule has 0 spiro atoms. The van der Waals surface area contributed by atoms with Crippen molar-refractivity contribution in [2.75, 3.05) is 24.6 Å². The van der Waals surface area contributed by atoms with Crippen LogP contribution in [0.3, 0.4) is 0 Å². The summed E-state index contributed by atoms with van der Waals surface area (Å²) in [6.45, 7) is 5.16. The number of benzene rings is 1. The summed E-state index contributed by atoms with van der Waals surface area (Å²) in [6, 6.07) is 5.07. The number of hydrogen-bond donors (Lipinski definition) is 1. The first-order chi connectivity index (χ1) is 9.32. The highest BCUT2D eigenvalue weighted by atomic mass is 127. The van der Waals surface area contributed by atoms with Gasteiger partial charge >= 0.3 is 0 Å². The van der Waals surface area contributed by atoms with Gasteiger partial charge in [-0.3, -0.25) is 10.1 Å². The van der Waals surface area contributed by atoms with Crippen molar-refractivity contribution in [2.45, 2.75) is 25.6 Å². The highest BCUT2D eigenvalue weighted by Crippen LogP contribution is 2.30. The Labute approximate surface area is 131 Å². The Kier molecular flexibility index (Phi) is 4.50. The van der Waals surface area contributed by atoms with Crippen molar-refractivity contribution in [2.24, 2.45) is 0 Å². The monoisotopic (exact) mass is 392 g/mol. The van der Waals surface area contributed by atoms with Crippen LogP contribution in [0.15, 0.2) is 18.2 Å². The number of ether oxygens (including phenoxy) is 1. The molecular formula is C13H17IN2O4. The molecule has 1 aliphatic rings. The van der Waals surface area contributed by atoms with Crippen LogP contribution in [0.5, 0.6) is 0 Å². The maximum Gasteiger partial charge on any atom is 0.282 e. The highest BCUT2D eigenvalue weighted by Gasteiger charge is 2.33. The molecule has 110 valence electrons. The van der Waals surface area contributed by atoms with Crippen molar-refractivity contribution in [3.8, 4) is 0 Å². The fraction of sp³-hybridized carbons (Fsp3) is 0.538. The van der Waals surface area contributed by atoms with E-state index in [0.717, 1.165) is 5.69 Å². The maximum atomic E-state index is 10.8. The average Bonchev–Trinajstić information content (AvgIpc) is 2.36. The van der Waals surface area contributed by atoms with Crippen molar-refractivity contribution < 1.29 is 14.8 Å². The van der Waals surface area contributed by atoms with Crippen LogP contribution in [-0.2, 0) is 4.74 Å². The van der Waals surface area contributed by atoms with Gasteiger partial charge in [0.15, 0.2) is 0 Å². The number of nitrogens with zero attached hydrogens (tertiary/aromatic N) is 2. The third-order valence-corrected chi connectivity index (χ3v) is 4.04. The van der Waals surface area contributed by atoms with Crippen LogP contribution in [0.4, 0.5) is 11.4 Å². The molecule has 20 heavy (non-hydrogen) atoms. The summed E-state index contributed by atoms with van der Waals surface area (Å²) in [7, 11) is 0. The van der Waals surface area contributed by atoms with Crippen molar-refractivity contribution >= 4 is 34.0 Å². The summed E-state index contributed by atoms with van der Waals surface area (Å²) in [4.78, 5) is 12.6. The Morgan fingerprint density at radius 1 is 1.60 bits per heavy atom. The number of rotatable bonds is 3. The predicted octanol–water partition coefficient (Wildman–Crippen LogP) is 2.18. The lowest BCUT2D eigenvalue weighted by Crippen LogP contribution is -2.54. The molecule has 1 aromatic carbocycles. The minimum atomic E-state index is -0.384. The second kappa shape index (κ2) is 5.82. The lowest BCUT2D eigenvalue weighted by molar-refractivity contribution is -0.385. The second-order valence-corrected chi connectivity index (χ2v) is 6.62. The smallest absolute Gasteiger partial charge is 0.282 e. The molecular weight excluding hydrogens is 375 g/mol. The molecule has 1 aromatic rings. The number of nitro benzene ring substituents is 1. The van der Waals surface area contributed by atoms with E-state index in [-0.39, 0.29) is 28.9 Å². The topological polar surface area (TPSA) is 75.8 Å². The molecule has 1 fully saturated rings. The van der Waals surface area contributed by atoms with Crippen LogP contribution in [0.1, 0.15) is 13.8 Å². The second-order valence-electron chi connectivity index (χ2n) is 5.46. The zero-order valence-electron chi connectivity index (χ0n) is 11.4.